The van der Waals surface area contributed by atoms with Gasteiger partial charge in [0.25, 0.3) is 0 Å². The number of methoxy groups -OCH3 is 1. The minimum atomic E-state index is -0.509. The Hall–Kier alpha value is -2.45. The lowest BCUT2D eigenvalue weighted by Crippen LogP contribution is -2.60. The Kier molecular flexibility index (Phi) is 5.53. The summed E-state index contributed by atoms with van der Waals surface area (Å²) in [5.41, 5.74) is 1.82. The van der Waals surface area contributed by atoms with Crippen LogP contribution >= 0.6 is 0 Å². The third kappa shape index (κ3) is 3.86. The van der Waals surface area contributed by atoms with E-state index in [1.54, 1.807) is 16.8 Å². The lowest BCUT2D eigenvalue weighted by atomic mass is 10.1. The second-order valence-corrected chi connectivity index (χ2v) is 6.69. The van der Waals surface area contributed by atoms with Gasteiger partial charge in [0, 0.05) is 33.8 Å². The summed E-state index contributed by atoms with van der Waals surface area (Å²) < 4.78 is 4.96. The molecule has 0 saturated carbocycles. The molecule has 140 valence electrons. The van der Waals surface area contributed by atoms with Gasteiger partial charge in [0.2, 0.25) is 11.8 Å². The Morgan fingerprint density at radius 1 is 1.35 bits per heavy atom. The first-order valence-electron chi connectivity index (χ1n) is 8.65. The summed E-state index contributed by atoms with van der Waals surface area (Å²) in [4.78, 5) is 38.4. The minimum absolute atomic E-state index is 0.0131. The van der Waals surface area contributed by atoms with Gasteiger partial charge in [-0.3, -0.25) is 9.59 Å². The van der Waals surface area contributed by atoms with Crippen LogP contribution in [0.4, 0.5) is 0 Å². The topological polar surface area (TPSA) is 81.8 Å². The first kappa shape index (κ1) is 18.3. The van der Waals surface area contributed by atoms with Crippen molar-refractivity contribution in [2.45, 2.75) is 12.6 Å². The van der Waals surface area contributed by atoms with Gasteiger partial charge in [0.15, 0.2) is 0 Å². The smallest absolute Gasteiger partial charge is 0.249 e. The first-order chi connectivity index (χ1) is 12.5. The number of benzene rings is 1. The predicted molar refractivity (Wildman–Crippen MR) is 97.4 cm³/mol. The molecule has 2 heterocycles. The van der Waals surface area contributed by atoms with Crippen LogP contribution in [0.1, 0.15) is 5.82 Å². The zero-order valence-corrected chi connectivity index (χ0v) is 15.4. The molecular weight excluding hydrogens is 334 g/mol. The molecule has 1 aliphatic rings. The molecule has 1 aromatic heterocycles. The Morgan fingerprint density at radius 3 is 2.85 bits per heavy atom. The maximum atomic E-state index is 13.0. The Balaban J connectivity index is 1.73. The summed E-state index contributed by atoms with van der Waals surface area (Å²) >= 11 is 0. The molecular formula is C18H25N5O3. The van der Waals surface area contributed by atoms with E-state index in [0.29, 0.717) is 19.6 Å². The number of hydrogen-bond donors (Lipinski definition) is 1. The van der Waals surface area contributed by atoms with Crippen molar-refractivity contribution in [2.24, 2.45) is 0 Å². The number of hydrogen-bond acceptors (Lipinski definition) is 5. The quantitative estimate of drug-likeness (QED) is 0.831. The van der Waals surface area contributed by atoms with Crippen LogP contribution in [-0.4, -0.2) is 90.0 Å². The zero-order valence-electron chi connectivity index (χ0n) is 15.4. The average molecular weight is 359 g/mol. The van der Waals surface area contributed by atoms with E-state index in [1.165, 1.54) is 7.11 Å². The van der Waals surface area contributed by atoms with Crippen LogP contribution in [0.15, 0.2) is 24.3 Å². The number of aromatic nitrogens is 2. The molecule has 2 aromatic rings. The third-order valence-corrected chi connectivity index (χ3v) is 4.66. The predicted octanol–water partition coefficient (Wildman–Crippen LogP) is 0.310. The fraction of sp³-hybridized carbons (Fsp3) is 0.500. The number of H-pyrrole nitrogens is 1. The van der Waals surface area contributed by atoms with Gasteiger partial charge in [-0.05, 0) is 19.2 Å². The third-order valence-electron chi connectivity index (χ3n) is 4.66. The van der Waals surface area contributed by atoms with Crippen LogP contribution in [-0.2, 0) is 20.9 Å². The molecule has 1 aromatic carbocycles. The molecule has 1 N–H and O–H groups in total. The maximum Gasteiger partial charge on any atom is 0.249 e. The average Bonchev–Trinajstić information content (AvgIpc) is 3.03. The van der Waals surface area contributed by atoms with E-state index < -0.39 is 6.04 Å². The number of imidazole rings is 1. The molecule has 1 fully saturated rings. The number of fused-ring (bicyclic) bond motifs is 1. The van der Waals surface area contributed by atoms with E-state index in [4.69, 9.17) is 4.74 Å². The number of nitrogens with one attached hydrogen (secondary N) is 1. The normalized spacial score (nSPS) is 18.3. The van der Waals surface area contributed by atoms with Gasteiger partial charge >= 0.3 is 0 Å². The van der Waals surface area contributed by atoms with Crippen LogP contribution < -0.4 is 0 Å². The molecule has 8 nitrogen and oxygen atoms in total. The van der Waals surface area contributed by atoms with Gasteiger partial charge in [-0.1, -0.05) is 12.1 Å². The monoisotopic (exact) mass is 359 g/mol. The van der Waals surface area contributed by atoms with Crippen LogP contribution in [0, 0.1) is 0 Å². The van der Waals surface area contributed by atoms with Gasteiger partial charge in [-0.2, -0.15) is 0 Å². The molecule has 3 rings (SSSR count). The fourth-order valence-electron chi connectivity index (χ4n) is 3.27. The van der Waals surface area contributed by atoms with E-state index in [2.05, 4.69) is 14.9 Å². The Bertz CT molecular complexity index is 757. The molecule has 0 radical (unpaired) electrons. The number of piperazine rings is 1. The van der Waals surface area contributed by atoms with Gasteiger partial charge in [0.1, 0.15) is 18.5 Å². The second-order valence-electron chi connectivity index (χ2n) is 6.69. The highest BCUT2D eigenvalue weighted by atomic mass is 16.5. The minimum Gasteiger partial charge on any atom is -0.375 e. The number of rotatable bonds is 5. The second kappa shape index (κ2) is 7.84. The number of nitrogens with zero attached hydrogens (tertiary/aromatic N) is 4. The summed E-state index contributed by atoms with van der Waals surface area (Å²) in [6, 6.07) is 7.24. The molecule has 26 heavy (non-hydrogen) atoms. The Labute approximate surface area is 152 Å². The van der Waals surface area contributed by atoms with E-state index >= 15 is 0 Å². The standard InChI is InChI=1S/C18H25N5O3/c1-21-8-9-23(17(24)12-26-3)15(10-21)18(25)22(2)11-16-19-13-6-4-5-7-14(13)20-16/h4-7,15H,8-12H2,1-3H3,(H,19,20)/t15-/m1/s1. The number of ether oxygens (including phenoxy) is 1. The van der Waals surface area contributed by atoms with Crippen molar-refractivity contribution in [1.29, 1.82) is 0 Å². The van der Waals surface area contributed by atoms with E-state index in [0.717, 1.165) is 23.4 Å². The van der Waals surface area contributed by atoms with Crippen molar-refractivity contribution < 1.29 is 14.3 Å². The van der Waals surface area contributed by atoms with Gasteiger partial charge in [0.05, 0.1) is 17.6 Å². The molecule has 0 spiro atoms. The number of para-hydroxylation sites is 2. The molecule has 1 atom stereocenters. The summed E-state index contributed by atoms with van der Waals surface area (Å²) in [5, 5.41) is 0. The summed E-state index contributed by atoms with van der Waals surface area (Å²) in [6.07, 6.45) is 0. The molecule has 0 aliphatic carbocycles. The van der Waals surface area contributed by atoms with Crippen molar-refractivity contribution in [3.8, 4) is 0 Å². The van der Waals surface area contributed by atoms with Gasteiger partial charge in [-0.25, -0.2) is 4.98 Å². The summed E-state index contributed by atoms with van der Waals surface area (Å²) in [6.45, 7) is 2.12. The SMILES string of the molecule is COCC(=O)N1CCN(C)C[C@@H]1C(=O)N(C)Cc1nc2ccccc2[nH]1. The number of carbonyl (C=O) groups is 2. The highest BCUT2D eigenvalue weighted by molar-refractivity contribution is 5.88. The number of amides is 2. The lowest BCUT2D eigenvalue weighted by Gasteiger charge is -2.40. The van der Waals surface area contributed by atoms with Crippen LogP contribution in [0.5, 0.6) is 0 Å². The molecule has 1 saturated heterocycles. The molecule has 1 aliphatic heterocycles. The fourth-order valence-corrected chi connectivity index (χ4v) is 3.27. The van der Waals surface area contributed by atoms with Crippen molar-refractivity contribution in [3.63, 3.8) is 0 Å². The van der Waals surface area contributed by atoms with Gasteiger partial charge in [-0.15, -0.1) is 0 Å². The van der Waals surface area contributed by atoms with Crippen LogP contribution in [0.3, 0.4) is 0 Å². The van der Waals surface area contributed by atoms with Crippen LogP contribution in [0.25, 0.3) is 11.0 Å². The van der Waals surface area contributed by atoms with Crippen molar-refractivity contribution in [2.75, 3.05) is 47.4 Å². The van der Waals surface area contributed by atoms with E-state index in [-0.39, 0.29) is 18.4 Å². The zero-order chi connectivity index (χ0) is 18.7. The highest BCUT2D eigenvalue weighted by Gasteiger charge is 2.35. The maximum absolute atomic E-state index is 13.0. The van der Waals surface area contributed by atoms with Crippen molar-refractivity contribution >= 4 is 22.8 Å². The molecule has 0 unspecified atom stereocenters. The van der Waals surface area contributed by atoms with Crippen LogP contribution in [0.2, 0.25) is 0 Å². The number of aromatic amines is 1. The van der Waals surface area contributed by atoms with E-state index in [9.17, 15) is 9.59 Å². The summed E-state index contributed by atoms with van der Waals surface area (Å²) in [5.74, 6) is 0.471. The van der Waals surface area contributed by atoms with E-state index in [1.807, 2.05) is 31.3 Å². The lowest BCUT2D eigenvalue weighted by molar-refractivity contribution is -0.150. The first-order valence-corrected chi connectivity index (χ1v) is 8.65. The number of likely N-dealkylation sites (N-methyl/N-ethyl adjacent to an activating group) is 2. The van der Waals surface area contributed by atoms with Crippen molar-refractivity contribution in [1.82, 2.24) is 24.7 Å². The highest BCUT2D eigenvalue weighted by Crippen LogP contribution is 2.15. The van der Waals surface area contributed by atoms with Gasteiger partial charge < -0.3 is 24.4 Å². The Morgan fingerprint density at radius 2 is 2.12 bits per heavy atom. The molecule has 0 bridgehead atoms. The summed E-state index contributed by atoms with van der Waals surface area (Å²) in [7, 11) is 5.18. The van der Waals surface area contributed by atoms with Crippen molar-refractivity contribution in [3.05, 3.63) is 30.1 Å². The largest absolute Gasteiger partial charge is 0.375 e. The molecule has 2 amide bonds. The number of carbonyl (C=O) groups excluding carboxylic acids is 2. The molecule has 8 heteroatoms.